The summed E-state index contributed by atoms with van der Waals surface area (Å²) in [4.78, 5) is 39.7. The number of allylic oxidation sites excluding steroid dienone is 4. The monoisotopic (exact) mass is 685 g/mol. The van der Waals surface area contributed by atoms with Crippen molar-refractivity contribution in [1.82, 2.24) is 25.5 Å². The fraction of sp³-hybridized carbons (Fsp3) is 0.366. The molecular weight excluding hydrogens is 638 g/mol. The van der Waals surface area contributed by atoms with Gasteiger partial charge in [-0.05, 0) is 97.4 Å². The molecule has 0 radical (unpaired) electrons. The minimum Gasteiger partial charge on any atom is -0.453 e. The Morgan fingerprint density at radius 3 is 2.61 bits per heavy atom. The van der Waals surface area contributed by atoms with E-state index in [0.717, 1.165) is 44.5 Å². The minimum absolute atomic E-state index is 0.150. The molecule has 3 atom stereocenters. The number of aromatic amines is 1. The topological polar surface area (TPSA) is 138 Å². The summed E-state index contributed by atoms with van der Waals surface area (Å²) in [5.41, 5.74) is 11.4. The number of hydrogen-bond acceptors (Lipinski definition) is 6. The Kier molecular flexibility index (Phi) is 13.3. The van der Waals surface area contributed by atoms with Gasteiger partial charge in [0, 0.05) is 6.54 Å². The summed E-state index contributed by atoms with van der Waals surface area (Å²) < 4.78 is 4.75. The third-order valence-corrected chi connectivity index (χ3v) is 9.01. The quantitative estimate of drug-likeness (QED) is 0.0891. The number of alkyl carbamates (subject to hydrolysis) is 1. The SMILES string of the molecule is COC(=O)N[C@H](C(=O)N1CCC[C@H]1C(N)=N/C(C#CC#Cc1cnc([C@@H]2CCCN2)[nH]1)=C\C=C/CCc1ccc(-c2ccccc2)cc1)C(C)C. The summed E-state index contributed by atoms with van der Waals surface area (Å²) in [6, 6.07) is 18.0. The number of amides is 2. The molecule has 10 heteroatoms. The van der Waals surface area contributed by atoms with Crippen LogP contribution in [0.4, 0.5) is 4.79 Å². The summed E-state index contributed by atoms with van der Waals surface area (Å²) in [6.45, 7) is 5.25. The van der Waals surface area contributed by atoms with Crippen LogP contribution >= 0.6 is 0 Å². The lowest BCUT2D eigenvalue weighted by atomic mass is 10.0. The van der Waals surface area contributed by atoms with Crippen LogP contribution in [-0.2, 0) is 16.0 Å². The maximum atomic E-state index is 13.6. The highest BCUT2D eigenvalue weighted by atomic mass is 16.5. The van der Waals surface area contributed by atoms with Crippen molar-refractivity contribution in [2.45, 2.75) is 70.5 Å². The zero-order chi connectivity index (χ0) is 36.0. The molecule has 0 spiro atoms. The standard InChI is InChI=1S/C41H47N7O3/c1-29(2)37(47-41(50)51-3)40(49)48-27-13-21-36(48)38(42)45-33(18-10-11-19-34-28-44-39(46-34)35-20-12-26-43-35)17-9-4-6-14-30-22-24-32(25-23-30)31-15-7-5-8-16-31/h4-5,7-9,15-17,22-25,28-29,35-37,43H,6,12-14,20-21,26-27H2,1-3H3,(H2,42,45)(H,44,46)(H,47,50)/b9-4-,33-17-/t35-,36-,37-/m0/s1. The molecule has 2 saturated heterocycles. The Hall–Kier alpha value is -5.58. The Balaban J connectivity index is 1.30. The van der Waals surface area contributed by atoms with Crippen molar-refractivity contribution in [3.63, 3.8) is 0 Å². The molecule has 5 rings (SSSR count). The Bertz CT molecular complexity index is 1850. The number of carbonyl (C=O) groups excluding carboxylic acids is 2. The molecule has 0 saturated carbocycles. The lowest BCUT2D eigenvalue weighted by Gasteiger charge is -2.30. The summed E-state index contributed by atoms with van der Waals surface area (Å²) >= 11 is 0. The van der Waals surface area contributed by atoms with Crippen LogP contribution in [0.25, 0.3) is 11.1 Å². The van der Waals surface area contributed by atoms with Gasteiger partial charge in [0.2, 0.25) is 5.91 Å². The number of imidazole rings is 1. The second-order valence-corrected chi connectivity index (χ2v) is 13.0. The second-order valence-electron chi connectivity index (χ2n) is 13.0. The Morgan fingerprint density at radius 2 is 1.88 bits per heavy atom. The van der Waals surface area contributed by atoms with Gasteiger partial charge in [0.15, 0.2) is 0 Å². The van der Waals surface area contributed by atoms with Gasteiger partial charge in [-0.15, -0.1) is 0 Å². The first-order chi connectivity index (χ1) is 24.8. The van der Waals surface area contributed by atoms with Gasteiger partial charge < -0.3 is 31.0 Å². The number of methoxy groups -OCH3 is 1. The van der Waals surface area contributed by atoms with E-state index in [2.05, 4.69) is 86.8 Å². The maximum Gasteiger partial charge on any atom is 0.407 e. The van der Waals surface area contributed by atoms with Crippen LogP contribution in [0.3, 0.4) is 0 Å². The number of likely N-dealkylation sites (tertiary alicyclic amines) is 1. The molecule has 0 aliphatic carbocycles. The Morgan fingerprint density at radius 1 is 1.10 bits per heavy atom. The molecule has 2 aromatic carbocycles. The fourth-order valence-electron chi connectivity index (χ4n) is 6.23. The van der Waals surface area contributed by atoms with E-state index in [4.69, 9.17) is 15.5 Å². The lowest BCUT2D eigenvalue weighted by Crippen LogP contribution is -2.54. The van der Waals surface area contributed by atoms with E-state index < -0.39 is 18.2 Å². The van der Waals surface area contributed by atoms with Crippen LogP contribution in [0.1, 0.15) is 69.1 Å². The number of amidine groups is 1. The predicted octanol–water partition coefficient (Wildman–Crippen LogP) is 5.66. The van der Waals surface area contributed by atoms with Gasteiger partial charge in [-0.2, -0.15) is 0 Å². The van der Waals surface area contributed by atoms with Crippen molar-refractivity contribution >= 4 is 17.8 Å². The minimum atomic E-state index is -0.749. The number of aryl methyl sites for hydroxylation is 1. The van der Waals surface area contributed by atoms with Gasteiger partial charge >= 0.3 is 6.09 Å². The molecule has 0 unspecified atom stereocenters. The first kappa shape index (κ1) is 36.7. The maximum absolute atomic E-state index is 13.6. The Labute approximate surface area is 301 Å². The van der Waals surface area contributed by atoms with Crippen LogP contribution in [0.2, 0.25) is 0 Å². The molecule has 5 N–H and O–H groups in total. The first-order valence-corrected chi connectivity index (χ1v) is 17.6. The first-order valence-electron chi connectivity index (χ1n) is 17.6. The highest BCUT2D eigenvalue weighted by Gasteiger charge is 2.37. The summed E-state index contributed by atoms with van der Waals surface area (Å²) in [7, 11) is 1.28. The van der Waals surface area contributed by atoms with E-state index in [0.29, 0.717) is 24.4 Å². The van der Waals surface area contributed by atoms with Gasteiger partial charge in [-0.25, -0.2) is 14.8 Å². The van der Waals surface area contributed by atoms with Crippen molar-refractivity contribution < 1.29 is 14.3 Å². The van der Waals surface area contributed by atoms with E-state index in [9.17, 15) is 9.59 Å². The van der Waals surface area contributed by atoms with Gasteiger partial charge in [-0.1, -0.05) is 80.6 Å². The second kappa shape index (κ2) is 18.4. The molecule has 51 heavy (non-hydrogen) atoms. The van der Waals surface area contributed by atoms with E-state index in [-0.39, 0.29) is 23.7 Å². The van der Waals surface area contributed by atoms with Crippen LogP contribution in [0, 0.1) is 29.6 Å². The van der Waals surface area contributed by atoms with Crippen LogP contribution in [0.15, 0.2) is 89.7 Å². The van der Waals surface area contributed by atoms with Crippen LogP contribution in [0.5, 0.6) is 0 Å². The van der Waals surface area contributed by atoms with Gasteiger partial charge in [0.1, 0.15) is 29.1 Å². The fourth-order valence-corrected chi connectivity index (χ4v) is 6.23. The molecule has 3 aromatic rings. The molecule has 1 aromatic heterocycles. The number of aliphatic imine (C=N–C) groups is 1. The third kappa shape index (κ3) is 10.5. The number of hydrogen-bond donors (Lipinski definition) is 4. The van der Waals surface area contributed by atoms with Gasteiger partial charge in [-0.3, -0.25) is 4.79 Å². The normalized spacial score (nSPS) is 18.2. The highest BCUT2D eigenvalue weighted by molar-refractivity contribution is 5.94. The molecule has 2 fully saturated rings. The molecular formula is C41H47N7O3. The van der Waals surface area contributed by atoms with Crippen molar-refractivity contribution in [2.75, 3.05) is 20.2 Å². The molecule has 0 bridgehead atoms. The number of nitrogens with one attached hydrogen (secondary N) is 3. The summed E-state index contributed by atoms with van der Waals surface area (Å²) in [5.74, 6) is 12.7. The van der Waals surface area contributed by atoms with Crippen LogP contribution < -0.4 is 16.4 Å². The van der Waals surface area contributed by atoms with Crippen molar-refractivity contribution in [3.05, 3.63) is 102 Å². The zero-order valence-electron chi connectivity index (χ0n) is 29.6. The number of nitrogens with zero attached hydrogens (tertiary/aromatic N) is 3. The smallest absolute Gasteiger partial charge is 0.407 e. The van der Waals surface area contributed by atoms with Gasteiger partial charge in [0.05, 0.1) is 25.4 Å². The van der Waals surface area contributed by atoms with Crippen LogP contribution in [-0.4, -0.2) is 65.0 Å². The van der Waals surface area contributed by atoms with E-state index in [1.54, 1.807) is 11.1 Å². The molecule has 2 aliphatic heterocycles. The summed E-state index contributed by atoms with van der Waals surface area (Å²) in [6.07, 6.45) is 12.2. The predicted molar refractivity (Wildman–Crippen MR) is 201 cm³/mol. The molecule has 264 valence electrons. The average molecular weight is 686 g/mol. The van der Waals surface area contributed by atoms with E-state index in [1.165, 1.54) is 23.8 Å². The zero-order valence-corrected chi connectivity index (χ0v) is 29.6. The van der Waals surface area contributed by atoms with E-state index in [1.807, 2.05) is 44.2 Å². The van der Waals surface area contributed by atoms with Crippen molar-refractivity contribution in [2.24, 2.45) is 16.6 Å². The number of aromatic nitrogens is 2. The van der Waals surface area contributed by atoms with E-state index >= 15 is 0 Å². The number of nitrogens with two attached hydrogens (primary N) is 1. The lowest BCUT2D eigenvalue weighted by molar-refractivity contribution is -0.134. The summed E-state index contributed by atoms with van der Waals surface area (Å²) in [5, 5.41) is 6.10. The third-order valence-electron chi connectivity index (χ3n) is 9.01. The molecule has 2 aliphatic rings. The molecule has 3 heterocycles. The van der Waals surface area contributed by atoms with Crippen molar-refractivity contribution in [3.8, 4) is 34.8 Å². The number of carbonyl (C=O) groups is 2. The number of ether oxygens (including phenoxy) is 1. The number of benzene rings is 2. The molecule has 2 amide bonds. The number of H-pyrrole nitrogens is 1. The molecule has 10 nitrogen and oxygen atoms in total. The largest absolute Gasteiger partial charge is 0.453 e. The average Bonchev–Trinajstić information content (AvgIpc) is 3.95. The highest BCUT2D eigenvalue weighted by Crippen LogP contribution is 2.23. The van der Waals surface area contributed by atoms with Crippen molar-refractivity contribution in [1.29, 1.82) is 0 Å². The number of rotatable bonds is 11. The van der Waals surface area contributed by atoms with Gasteiger partial charge in [0.25, 0.3) is 0 Å².